The normalized spacial score (nSPS) is 18.2. The van der Waals surface area contributed by atoms with E-state index in [-0.39, 0.29) is 0 Å². The number of ether oxygens (including phenoxy) is 1. The summed E-state index contributed by atoms with van der Waals surface area (Å²) in [5.74, 6) is 1.89. The Hall–Kier alpha value is -1.55. The van der Waals surface area contributed by atoms with Gasteiger partial charge in [0.2, 0.25) is 0 Å². The molecule has 98 valence electrons. The molecule has 0 aliphatic carbocycles. The van der Waals surface area contributed by atoms with Crippen LogP contribution in [0, 0.1) is 5.92 Å². The number of rotatable bonds is 4. The van der Waals surface area contributed by atoms with E-state index in [0.29, 0.717) is 16.7 Å². The Morgan fingerprint density at radius 2 is 2.33 bits per heavy atom. The first-order valence-electron chi connectivity index (χ1n) is 5.86. The van der Waals surface area contributed by atoms with Gasteiger partial charge in [-0.2, -0.15) is 0 Å². The molecular weight excluding hydrogens is 250 g/mol. The number of nitrogens with one attached hydrogen (secondary N) is 1. The molecule has 1 heterocycles. The van der Waals surface area contributed by atoms with Crippen molar-refractivity contribution in [1.29, 1.82) is 0 Å². The number of anilines is 1. The van der Waals surface area contributed by atoms with Crippen molar-refractivity contribution >= 4 is 17.3 Å². The van der Waals surface area contributed by atoms with Crippen molar-refractivity contribution in [3.05, 3.63) is 35.1 Å². The highest BCUT2D eigenvalue weighted by Crippen LogP contribution is 2.29. The predicted octanol–water partition coefficient (Wildman–Crippen LogP) is 1.80. The number of benzene rings is 1. The highest BCUT2D eigenvalue weighted by molar-refractivity contribution is 6.32. The van der Waals surface area contributed by atoms with Crippen molar-refractivity contribution < 1.29 is 4.74 Å². The molecular formula is C13H18ClN3O. The lowest BCUT2D eigenvalue weighted by Gasteiger charge is -2.22. The summed E-state index contributed by atoms with van der Waals surface area (Å²) in [7, 11) is 3.67. The number of nitrogens with two attached hydrogens (primary N) is 1. The molecule has 0 radical (unpaired) electrons. The molecule has 0 unspecified atom stereocenters. The van der Waals surface area contributed by atoms with Crippen LogP contribution in [0.4, 0.5) is 5.69 Å². The summed E-state index contributed by atoms with van der Waals surface area (Å²) in [5.41, 5.74) is 6.78. The Balaban J connectivity index is 2.06. The number of methoxy groups -OCH3 is 1. The number of hydrogen-bond donors (Lipinski definition) is 2. The van der Waals surface area contributed by atoms with Crippen LogP contribution in [0.15, 0.2) is 30.1 Å². The van der Waals surface area contributed by atoms with Crippen LogP contribution >= 0.6 is 11.6 Å². The van der Waals surface area contributed by atoms with Crippen LogP contribution in [0.1, 0.15) is 0 Å². The number of hydrogen-bond acceptors (Lipinski definition) is 4. The minimum Gasteiger partial charge on any atom is -0.495 e. The van der Waals surface area contributed by atoms with Crippen molar-refractivity contribution in [2.45, 2.75) is 0 Å². The van der Waals surface area contributed by atoms with Gasteiger partial charge in [0.15, 0.2) is 0 Å². The van der Waals surface area contributed by atoms with Gasteiger partial charge >= 0.3 is 0 Å². The largest absolute Gasteiger partial charge is 0.495 e. The molecule has 1 aliphatic rings. The molecule has 0 amide bonds. The van der Waals surface area contributed by atoms with Crippen LogP contribution in [0.25, 0.3) is 0 Å². The summed E-state index contributed by atoms with van der Waals surface area (Å²) in [4.78, 5) is 2.17. The molecule has 0 fully saturated rings. The van der Waals surface area contributed by atoms with E-state index in [1.165, 1.54) is 0 Å². The van der Waals surface area contributed by atoms with Gasteiger partial charge in [-0.15, -0.1) is 0 Å². The molecule has 1 aromatic rings. The van der Waals surface area contributed by atoms with E-state index in [2.05, 4.69) is 16.3 Å². The van der Waals surface area contributed by atoms with Crippen LogP contribution in [0.2, 0.25) is 5.02 Å². The molecule has 1 atom stereocenters. The zero-order valence-corrected chi connectivity index (χ0v) is 11.4. The second-order valence-corrected chi connectivity index (χ2v) is 4.87. The zero-order valence-electron chi connectivity index (χ0n) is 10.6. The van der Waals surface area contributed by atoms with Gasteiger partial charge in [-0.25, -0.2) is 0 Å². The highest BCUT2D eigenvalue weighted by atomic mass is 35.5. The average Bonchev–Trinajstić information content (AvgIpc) is 2.75. The van der Waals surface area contributed by atoms with Crippen LogP contribution in [0.3, 0.4) is 0 Å². The van der Waals surface area contributed by atoms with E-state index >= 15 is 0 Å². The topological polar surface area (TPSA) is 50.5 Å². The lowest BCUT2D eigenvalue weighted by Crippen LogP contribution is -2.27. The standard InChI is InChI=1S/C13H18ClN3O/c1-17(8-9-5-13(15)16-7-9)10-3-4-11(14)12(6-10)18-2/h3-6,9,16H,7-8,15H2,1-2H3/t9-/m0/s1. The SMILES string of the molecule is COc1cc(N(C)C[C@H]2C=C(N)NC2)ccc1Cl. The van der Waals surface area contributed by atoms with Crippen molar-refractivity contribution in [1.82, 2.24) is 5.32 Å². The van der Waals surface area contributed by atoms with E-state index in [1.807, 2.05) is 25.2 Å². The summed E-state index contributed by atoms with van der Waals surface area (Å²) in [6.45, 7) is 1.79. The Morgan fingerprint density at radius 3 is 2.94 bits per heavy atom. The first-order valence-corrected chi connectivity index (χ1v) is 6.24. The molecule has 1 aliphatic heterocycles. The average molecular weight is 268 g/mol. The molecule has 1 aromatic carbocycles. The molecule has 0 spiro atoms. The summed E-state index contributed by atoms with van der Waals surface area (Å²) in [5, 5.41) is 3.75. The Bertz CT molecular complexity index is 462. The third-order valence-electron chi connectivity index (χ3n) is 3.07. The fourth-order valence-electron chi connectivity index (χ4n) is 2.08. The van der Waals surface area contributed by atoms with Gasteiger partial charge in [-0.3, -0.25) is 0 Å². The highest BCUT2D eigenvalue weighted by Gasteiger charge is 2.16. The quantitative estimate of drug-likeness (QED) is 0.874. The molecule has 2 rings (SSSR count). The maximum Gasteiger partial charge on any atom is 0.139 e. The second kappa shape index (κ2) is 5.40. The van der Waals surface area contributed by atoms with Crippen LogP contribution in [0.5, 0.6) is 5.75 Å². The molecule has 5 heteroatoms. The van der Waals surface area contributed by atoms with E-state index in [9.17, 15) is 0 Å². The van der Waals surface area contributed by atoms with E-state index in [4.69, 9.17) is 22.1 Å². The minimum absolute atomic E-state index is 0.427. The molecule has 0 saturated heterocycles. The lowest BCUT2D eigenvalue weighted by molar-refractivity contribution is 0.415. The van der Waals surface area contributed by atoms with Gasteiger partial charge in [0.25, 0.3) is 0 Å². The molecule has 0 saturated carbocycles. The maximum absolute atomic E-state index is 6.01. The van der Waals surface area contributed by atoms with Gasteiger partial charge in [0, 0.05) is 37.8 Å². The monoisotopic (exact) mass is 267 g/mol. The smallest absolute Gasteiger partial charge is 0.139 e. The zero-order chi connectivity index (χ0) is 13.1. The van der Waals surface area contributed by atoms with Crippen LogP contribution < -0.4 is 20.7 Å². The summed E-state index contributed by atoms with van der Waals surface area (Å²) >= 11 is 6.01. The number of halogens is 1. The van der Waals surface area contributed by atoms with Gasteiger partial charge < -0.3 is 20.7 Å². The molecule has 3 N–H and O–H groups in total. The molecule has 18 heavy (non-hydrogen) atoms. The van der Waals surface area contributed by atoms with Crippen LogP contribution in [-0.4, -0.2) is 27.2 Å². The summed E-state index contributed by atoms with van der Waals surface area (Å²) < 4.78 is 5.22. The minimum atomic E-state index is 0.427. The number of nitrogens with zero attached hydrogens (tertiary/aromatic N) is 1. The van der Waals surface area contributed by atoms with Crippen molar-refractivity contribution in [3.8, 4) is 5.75 Å². The van der Waals surface area contributed by atoms with Crippen molar-refractivity contribution in [3.63, 3.8) is 0 Å². The van der Waals surface area contributed by atoms with E-state index in [1.54, 1.807) is 7.11 Å². The van der Waals surface area contributed by atoms with Gasteiger partial charge in [0.1, 0.15) is 5.75 Å². The van der Waals surface area contributed by atoms with E-state index < -0.39 is 0 Å². The molecule has 0 aromatic heterocycles. The summed E-state index contributed by atoms with van der Waals surface area (Å²) in [6.07, 6.45) is 2.06. The first-order chi connectivity index (χ1) is 8.60. The van der Waals surface area contributed by atoms with Crippen molar-refractivity contribution in [2.75, 3.05) is 32.1 Å². The van der Waals surface area contributed by atoms with Crippen LogP contribution in [-0.2, 0) is 0 Å². The fraction of sp³-hybridized carbons (Fsp3) is 0.385. The van der Waals surface area contributed by atoms with E-state index in [0.717, 1.165) is 24.6 Å². The third-order valence-corrected chi connectivity index (χ3v) is 3.38. The lowest BCUT2D eigenvalue weighted by atomic mass is 10.1. The summed E-state index contributed by atoms with van der Waals surface area (Å²) in [6, 6.07) is 5.78. The predicted molar refractivity (Wildman–Crippen MR) is 75.0 cm³/mol. The third kappa shape index (κ3) is 2.82. The van der Waals surface area contributed by atoms with Gasteiger partial charge in [-0.05, 0) is 18.2 Å². The van der Waals surface area contributed by atoms with Gasteiger partial charge in [-0.1, -0.05) is 11.6 Å². The Labute approximate surface area is 112 Å². The van der Waals surface area contributed by atoms with Crippen molar-refractivity contribution in [2.24, 2.45) is 11.7 Å². The Morgan fingerprint density at radius 1 is 1.56 bits per heavy atom. The maximum atomic E-state index is 6.01. The first kappa shape index (κ1) is 12.9. The second-order valence-electron chi connectivity index (χ2n) is 4.46. The Kier molecular flexibility index (Phi) is 3.87. The fourth-order valence-corrected chi connectivity index (χ4v) is 2.28. The molecule has 0 bridgehead atoms. The molecule has 4 nitrogen and oxygen atoms in total. The van der Waals surface area contributed by atoms with Gasteiger partial charge in [0.05, 0.1) is 18.0 Å².